The molecule has 0 saturated carbocycles. The quantitative estimate of drug-likeness (QED) is 0.846. The van der Waals surface area contributed by atoms with E-state index in [9.17, 15) is 5.11 Å². The zero-order valence-electron chi connectivity index (χ0n) is 10.2. The second kappa shape index (κ2) is 5.31. The monoisotopic (exact) mass is 280 g/mol. The maximum absolute atomic E-state index is 10.5. The van der Waals surface area contributed by atoms with Crippen LogP contribution in [0, 0.1) is 13.8 Å². The predicted octanol–water partition coefficient (Wildman–Crippen LogP) is 4.69. The fraction of sp³-hybridized carbons (Fsp3) is 0.200. The molecule has 1 atom stereocenters. The van der Waals surface area contributed by atoms with Gasteiger partial charge in [-0.2, -0.15) is 0 Å². The van der Waals surface area contributed by atoms with Gasteiger partial charge < -0.3 is 5.11 Å². The Morgan fingerprint density at radius 2 is 1.50 bits per heavy atom. The van der Waals surface area contributed by atoms with E-state index < -0.39 is 6.10 Å². The van der Waals surface area contributed by atoms with Crippen LogP contribution in [-0.4, -0.2) is 5.11 Å². The Balaban J connectivity index is 2.55. The van der Waals surface area contributed by atoms with Gasteiger partial charge in [-0.25, -0.2) is 0 Å². The van der Waals surface area contributed by atoms with Gasteiger partial charge in [-0.3, -0.25) is 0 Å². The number of rotatable bonds is 2. The van der Waals surface area contributed by atoms with Crippen molar-refractivity contribution in [2.75, 3.05) is 0 Å². The van der Waals surface area contributed by atoms with E-state index in [2.05, 4.69) is 0 Å². The summed E-state index contributed by atoms with van der Waals surface area (Å²) in [5.41, 5.74) is 3.61. The lowest BCUT2D eigenvalue weighted by Crippen LogP contribution is -2.05. The van der Waals surface area contributed by atoms with Crippen LogP contribution in [0.4, 0.5) is 0 Å². The normalized spacial score (nSPS) is 12.5. The SMILES string of the molecule is Cc1cccc(C)c1C(O)c1cccc(Cl)c1Cl. The minimum absolute atomic E-state index is 0.411. The minimum atomic E-state index is -0.752. The number of aliphatic hydroxyl groups is 1. The molecule has 0 bridgehead atoms. The van der Waals surface area contributed by atoms with Gasteiger partial charge in [-0.05, 0) is 36.6 Å². The highest BCUT2D eigenvalue weighted by Crippen LogP contribution is 2.35. The van der Waals surface area contributed by atoms with Crippen LogP contribution < -0.4 is 0 Å². The largest absolute Gasteiger partial charge is 0.384 e. The molecule has 2 aromatic carbocycles. The van der Waals surface area contributed by atoms with Crippen LogP contribution in [-0.2, 0) is 0 Å². The van der Waals surface area contributed by atoms with E-state index >= 15 is 0 Å². The van der Waals surface area contributed by atoms with E-state index in [1.165, 1.54) is 0 Å². The number of halogens is 2. The molecule has 1 nitrogen and oxygen atoms in total. The lowest BCUT2D eigenvalue weighted by molar-refractivity contribution is 0.219. The summed E-state index contributed by atoms with van der Waals surface area (Å²) in [6.07, 6.45) is -0.752. The molecule has 0 aliphatic heterocycles. The molecule has 18 heavy (non-hydrogen) atoms. The van der Waals surface area contributed by atoms with E-state index in [0.29, 0.717) is 15.6 Å². The van der Waals surface area contributed by atoms with Gasteiger partial charge in [-0.1, -0.05) is 53.5 Å². The summed E-state index contributed by atoms with van der Waals surface area (Å²) < 4.78 is 0. The molecule has 0 heterocycles. The molecule has 0 spiro atoms. The molecule has 1 unspecified atom stereocenters. The molecule has 2 rings (SSSR count). The van der Waals surface area contributed by atoms with Crippen LogP contribution in [0.2, 0.25) is 10.0 Å². The molecule has 0 aromatic heterocycles. The lowest BCUT2D eigenvalue weighted by atomic mass is 9.93. The number of aryl methyl sites for hydroxylation is 2. The number of hydrogen-bond acceptors (Lipinski definition) is 1. The molecule has 0 fully saturated rings. The Morgan fingerprint density at radius 3 is 2.11 bits per heavy atom. The zero-order chi connectivity index (χ0) is 13.3. The van der Waals surface area contributed by atoms with Gasteiger partial charge in [0.15, 0.2) is 0 Å². The molecule has 0 amide bonds. The molecule has 3 heteroatoms. The van der Waals surface area contributed by atoms with E-state index in [4.69, 9.17) is 23.2 Å². The van der Waals surface area contributed by atoms with Crippen molar-refractivity contribution in [3.63, 3.8) is 0 Å². The molecule has 0 aliphatic rings. The van der Waals surface area contributed by atoms with Crippen LogP contribution in [0.25, 0.3) is 0 Å². The van der Waals surface area contributed by atoms with Gasteiger partial charge in [0.2, 0.25) is 0 Å². The number of aliphatic hydroxyl groups excluding tert-OH is 1. The number of benzene rings is 2. The average Bonchev–Trinajstić information content (AvgIpc) is 2.32. The van der Waals surface area contributed by atoms with Crippen LogP contribution >= 0.6 is 23.2 Å². The van der Waals surface area contributed by atoms with Crippen LogP contribution in [0.5, 0.6) is 0 Å². The Kier molecular flexibility index (Phi) is 3.96. The molecule has 2 aromatic rings. The first-order valence-electron chi connectivity index (χ1n) is 5.70. The summed E-state index contributed by atoms with van der Waals surface area (Å²) in [6, 6.07) is 11.2. The van der Waals surface area contributed by atoms with Crippen LogP contribution in [0.1, 0.15) is 28.4 Å². The first kappa shape index (κ1) is 13.4. The van der Waals surface area contributed by atoms with E-state index in [0.717, 1.165) is 16.7 Å². The van der Waals surface area contributed by atoms with Crippen molar-refractivity contribution in [3.8, 4) is 0 Å². The first-order chi connectivity index (χ1) is 8.52. The van der Waals surface area contributed by atoms with Crippen molar-refractivity contribution < 1.29 is 5.11 Å². The predicted molar refractivity (Wildman–Crippen MR) is 76.4 cm³/mol. The average molecular weight is 281 g/mol. The molecule has 0 saturated heterocycles. The molecule has 0 aliphatic carbocycles. The van der Waals surface area contributed by atoms with Crippen LogP contribution in [0.3, 0.4) is 0 Å². The summed E-state index contributed by atoms with van der Waals surface area (Å²) in [5.74, 6) is 0. The zero-order valence-corrected chi connectivity index (χ0v) is 11.8. The minimum Gasteiger partial charge on any atom is -0.384 e. The highest BCUT2D eigenvalue weighted by molar-refractivity contribution is 6.42. The Bertz CT molecular complexity index is 558. The van der Waals surface area contributed by atoms with Crippen molar-refractivity contribution in [2.45, 2.75) is 20.0 Å². The van der Waals surface area contributed by atoms with Crippen molar-refractivity contribution >= 4 is 23.2 Å². The van der Waals surface area contributed by atoms with Gasteiger partial charge in [0, 0.05) is 5.56 Å². The Hall–Kier alpha value is -1.02. The highest BCUT2D eigenvalue weighted by atomic mass is 35.5. The van der Waals surface area contributed by atoms with Crippen molar-refractivity contribution in [2.24, 2.45) is 0 Å². The summed E-state index contributed by atoms with van der Waals surface area (Å²) in [4.78, 5) is 0. The lowest BCUT2D eigenvalue weighted by Gasteiger charge is -2.18. The maximum Gasteiger partial charge on any atom is 0.106 e. The molecular weight excluding hydrogens is 267 g/mol. The van der Waals surface area contributed by atoms with Gasteiger partial charge in [0.25, 0.3) is 0 Å². The third-order valence-electron chi connectivity index (χ3n) is 3.09. The standard InChI is InChI=1S/C15H14Cl2O/c1-9-5-3-6-10(2)13(9)15(18)11-7-4-8-12(16)14(11)17/h3-8,15,18H,1-2H3. The first-order valence-corrected chi connectivity index (χ1v) is 6.46. The third-order valence-corrected chi connectivity index (χ3v) is 3.93. The topological polar surface area (TPSA) is 20.2 Å². The Morgan fingerprint density at radius 1 is 0.944 bits per heavy atom. The maximum atomic E-state index is 10.5. The summed E-state index contributed by atoms with van der Waals surface area (Å²) in [7, 11) is 0. The second-order valence-electron chi connectivity index (χ2n) is 4.35. The molecular formula is C15H14Cl2O. The smallest absolute Gasteiger partial charge is 0.106 e. The summed E-state index contributed by atoms with van der Waals surface area (Å²) >= 11 is 12.1. The molecule has 94 valence electrons. The van der Waals surface area contributed by atoms with Crippen molar-refractivity contribution in [1.82, 2.24) is 0 Å². The van der Waals surface area contributed by atoms with Crippen molar-refractivity contribution in [3.05, 3.63) is 68.7 Å². The van der Waals surface area contributed by atoms with E-state index in [-0.39, 0.29) is 0 Å². The fourth-order valence-corrected chi connectivity index (χ4v) is 2.56. The second-order valence-corrected chi connectivity index (χ2v) is 5.14. The summed E-state index contributed by atoms with van der Waals surface area (Å²) in [6.45, 7) is 3.95. The van der Waals surface area contributed by atoms with Gasteiger partial charge in [0.1, 0.15) is 6.10 Å². The molecule has 0 radical (unpaired) electrons. The fourth-order valence-electron chi connectivity index (χ4n) is 2.15. The third kappa shape index (κ3) is 2.39. The Labute approximate surface area is 117 Å². The van der Waals surface area contributed by atoms with Gasteiger partial charge in [0.05, 0.1) is 10.0 Å². The van der Waals surface area contributed by atoms with E-state index in [1.54, 1.807) is 18.2 Å². The number of hydrogen-bond donors (Lipinski definition) is 1. The van der Waals surface area contributed by atoms with Gasteiger partial charge in [-0.15, -0.1) is 0 Å². The van der Waals surface area contributed by atoms with Crippen LogP contribution in [0.15, 0.2) is 36.4 Å². The highest BCUT2D eigenvalue weighted by Gasteiger charge is 2.18. The molecule has 1 N–H and O–H groups in total. The summed E-state index contributed by atoms with van der Waals surface area (Å²) in [5, 5.41) is 11.4. The van der Waals surface area contributed by atoms with Crippen molar-refractivity contribution in [1.29, 1.82) is 0 Å². The van der Waals surface area contributed by atoms with E-state index in [1.807, 2.05) is 32.0 Å². The van der Waals surface area contributed by atoms with Gasteiger partial charge >= 0.3 is 0 Å².